The lowest BCUT2D eigenvalue weighted by molar-refractivity contribution is 0.126. The maximum atomic E-state index is 6.63. The molecule has 0 radical (unpaired) electrons. The summed E-state index contributed by atoms with van der Waals surface area (Å²) >= 11 is 0. The summed E-state index contributed by atoms with van der Waals surface area (Å²) in [6.45, 7) is 18.0. The van der Waals surface area contributed by atoms with Gasteiger partial charge in [0.15, 0.2) is 8.32 Å². The van der Waals surface area contributed by atoms with Crippen LogP contribution in [0.15, 0.2) is 24.3 Å². The highest BCUT2D eigenvalue weighted by Gasteiger charge is 2.39. The summed E-state index contributed by atoms with van der Waals surface area (Å²) in [7, 11) is -0.0144. The van der Waals surface area contributed by atoms with Gasteiger partial charge < -0.3 is 14.5 Å². The molecule has 0 aliphatic carbocycles. The first-order chi connectivity index (χ1) is 11.6. The highest BCUT2D eigenvalue weighted by atomic mass is 28.4. The molecule has 0 fully saturated rings. The van der Waals surface area contributed by atoms with E-state index in [0.717, 1.165) is 18.8 Å². The van der Waals surface area contributed by atoms with Gasteiger partial charge in [-0.15, -0.1) is 0 Å². The van der Waals surface area contributed by atoms with Crippen LogP contribution in [0.25, 0.3) is 0 Å². The third kappa shape index (κ3) is 7.12. The van der Waals surface area contributed by atoms with Crippen molar-refractivity contribution in [2.75, 3.05) is 13.7 Å². The van der Waals surface area contributed by atoms with Crippen molar-refractivity contribution in [2.24, 2.45) is 5.92 Å². The molecule has 0 aliphatic rings. The Bertz CT molecular complexity index is 494. The van der Waals surface area contributed by atoms with Gasteiger partial charge in [-0.05, 0) is 55.1 Å². The van der Waals surface area contributed by atoms with Gasteiger partial charge in [-0.1, -0.05) is 46.2 Å². The maximum Gasteiger partial charge on any atom is 0.192 e. The highest BCUT2D eigenvalue weighted by Crippen LogP contribution is 2.38. The Hall–Kier alpha value is -0.843. The molecule has 1 aromatic rings. The van der Waals surface area contributed by atoms with Gasteiger partial charge in [0.05, 0.1) is 7.11 Å². The molecule has 1 N–H and O–H groups in total. The van der Waals surface area contributed by atoms with Gasteiger partial charge in [0.25, 0.3) is 0 Å². The first-order valence-electron chi connectivity index (χ1n) is 9.62. The van der Waals surface area contributed by atoms with Crippen LogP contribution in [0.2, 0.25) is 18.1 Å². The molecule has 0 saturated heterocycles. The molecule has 0 heterocycles. The zero-order chi connectivity index (χ0) is 19.1. The zero-order valence-electron chi connectivity index (χ0n) is 17.6. The van der Waals surface area contributed by atoms with Crippen LogP contribution >= 0.6 is 0 Å². The van der Waals surface area contributed by atoms with Crippen molar-refractivity contribution in [2.45, 2.75) is 78.2 Å². The van der Waals surface area contributed by atoms with Crippen LogP contribution in [0.3, 0.4) is 0 Å². The number of nitrogens with one attached hydrogen (secondary N) is 1. The Labute approximate surface area is 156 Å². The van der Waals surface area contributed by atoms with E-state index in [1.54, 1.807) is 7.11 Å². The molecule has 0 amide bonds. The van der Waals surface area contributed by atoms with Gasteiger partial charge in [-0.3, -0.25) is 0 Å². The fraction of sp³-hybridized carbons (Fsp3) is 0.714. The standard InChI is InChI=1S/C21H39NO2Si/c1-9-10-19(17(2)24-25(7,8)21(3,4)5)16-22-15-18-11-13-20(23-6)14-12-18/h11-14,17,19,22H,9-10,15-16H2,1-8H3/t17-,19-/m0/s1. The van der Waals surface area contributed by atoms with Crippen molar-refractivity contribution < 1.29 is 9.16 Å². The van der Waals surface area contributed by atoms with Crippen LogP contribution in [-0.4, -0.2) is 28.1 Å². The molecule has 0 aliphatic heterocycles. The monoisotopic (exact) mass is 365 g/mol. The van der Waals surface area contributed by atoms with Gasteiger partial charge >= 0.3 is 0 Å². The predicted molar refractivity (Wildman–Crippen MR) is 111 cm³/mol. The summed E-state index contributed by atoms with van der Waals surface area (Å²) in [5.74, 6) is 1.46. The Balaban J connectivity index is 2.57. The average molecular weight is 366 g/mol. The van der Waals surface area contributed by atoms with E-state index >= 15 is 0 Å². The van der Waals surface area contributed by atoms with E-state index in [2.05, 4.69) is 65.2 Å². The van der Waals surface area contributed by atoms with Crippen LogP contribution in [0.4, 0.5) is 0 Å². The van der Waals surface area contributed by atoms with E-state index in [1.807, 2.05) is 12.1 Å². The lowest BCUT2D eigenvalue weighted by Crippen LogP contribution is -2.46. The molecule has 3 nitrogen and oxygen atoms in total. The molecule has 0 spiro atoms. The van der Waals surface area contributed by atoms with Crippen molar-refractivity contribution in [3.63, 3.8) is 0 Å². The number of rotatable bonds is 10. The lowest BCUT2D eigenvalue weighted by atomic mass is 9.98. The van der Waals surface area contributed by atoms with Gasteiger partial charge in [-0.25, -0.2) is 0 Å². The molecule has 0 unspecified atom stereocenters. The highest BCUT2D eigenvalue weighted by molar-refractivity contribution is 6.74. The molecule has 0 aromatic heterocycles. The Morgan fingerprint density at radius 2 is 1.72 bits per heavy atom. The summed E-state index contributed by atoms with van der Waals surface area (Å²) in [5, 5.41) is 3.88. The quantitative estimate of drug-likeness (QED) is 0.547. The zero-order valence-corrected chi connectivity index (χ0v) is 18.6. The third-order valence-electron chi connectivity index (χ3n) is 5.50. The fourth-order valence-electron chi connectivity index (χ4n) is 2.76. The predicted octanol–water partition coefficient (Wildman–Crippen LogP) is 5.61. The second-order valence-electron chi connectivity index (χ2n) is 8.61. The van der Waals surface area contributed by atoms with Gasteiger partial charge in [-0.2, -0.15) is 0 Å². The van der Waals surface area contributed by atoms with Gasteiger partial charge in [0.2, 0.25) is 0 Å². The van der Waals surface area contributed by atoms with E-state index in [9.17, 15) is 0 Å². The minimum atomic E-state index is -1.72. The number of methoxy groups -OCH3 is 1. The van der Waals surface area contributed by atoms with E-state index in [4.69, 9.17) is 9.16 Å². The fourth-order valence-corrected chi connectivity index (χ4v) is 4.23. The Morgan fingerprint density at radius 1 is 1.12 bits per heavy atom. The average Bonchev–Trinajstić information content (AvgIpc) is 2.53. The van der Waals surface area contributed by atoms with Crippen LogP contribution in [0.1, 0.15) is 53.0 Å². The van der Waals surface area contributed by atoms with Gasteiger partial charge in [0, 0.05) is 19.2 Å². The SMILES string of the molecule is CCC[C@@H](CNCc1ccc(OC)cc1)[C@H](C)O[Si](C)(C)C(C)(C)C. The Morgan fingerprint density at radius 3 is 2.20 bits per heavy atom. The first kappa shape index (κ1) is 22.2. The molecule has 144 valence electrons. The van der Waals surface area contributed by atoms with Gasteiger partial charge in [0.1, 0.15) is 5.75 Å². The number of hydrogen-bond donors (Lipinski definition) is 1. The summed E-state index contributed by atoms with van der Waals surface area (Å²) in [6, 6.07) is 8.28. The van der Waals surface area contributed by atoms with Crippen LogP contribution in [-0.2, 0) is 11.0 Å². The number of benzene rings is 1. The molecule has 0 bridgehead atoms. The molecule has 4 heteroatoms. The van der Waals surface area contributed by atoms with Crippen molar-refractivity contribution in [1.82, 2.24) is 5.32 Å². The molecular weight excluding hydrogens is 326 g/mol. The van der Waals surface area contributed by atoms with Crippen molar-refractivity contribution in [3.05, 3.63) is 29.8 Å². The first-order valence-corrected chi connectivity index (χ1v) is 12.5. The smallest absolute Gasteiger partial charge is 0.192 e. The molecule has 25 heavy (non-hydrogen) atoms. The van der Waals surface area contributed by atoms with Crippen molar-refractivity contribution in [3.8, 4) is 5.75 Å². The second-order valence-corrected chi connectivity index (χ2v) is 13.4. The minimum Gasteiger partial charge on any atom is -0.497 e. The Kier molecular flexibility index (Phi) is 8.65. The maximum absolute atomic E-state index is 6.63. The van der Waals surface area contributed by atoms with Crippen LogP contribution in [0, 0.1) is 5.92 Å². The summed E-state index contributed by atoms with van der Waals surface area (Å²) < 4.78 is 11.8. The molecule has 1 aromatic carbocycles. The minimum absolute atomic E-state index is 0.258. The molecule has 0 saturated carbocycles. The number of hydrogen-bond acceptors (Lipinski definition) is 3. The van der Waals surface area contributed by atoms with E-state index in [-0.39, 0.29) is 5.04 Å². The lowest BCUT2D eigenvalue weighted by Gasteiger charge is -2.40. The topological polar surface area (TPSA) is 30.5 Å². The van der Waals surface area contributed by atoms with Crippen LogP contribution < -0.4 is 10.1 Å². The van der Waals surface area contributed by atoms with Crippen LogP contribution in [0.5, 0.6) is 5.75 Å². The summed E-state index contributed by atoms with van der Waals surface area (Å²) in [5.41, 5.74) is 1.29. The van der Waals surface area contributed by atoms with E-state index in [1.165, 1.54) is 18.4 Å². The third-order valence-corrected chi connectivity index (χ3v) is 10.1. The molecule has 2 atom stereocenters. The van der Waals surface area contributed by atoms with Crippen molar-refractivity contribution in [1.29, 1.82) is 0 Å². The second kappa shape index (κ2) is 9.74. The normalized spacial score (nSPS) is 15.0. The molecular formula is C21H39NO2Si. The van der Waals surface area contributed by atoms with E-state index < -0.39 is 8.32 Å². The number of ether oxygens (including phenoxy) is 1. The van der Waals surface area contributed by atoms with E-state index in [0.29, 0.717) is 12.0 Å². The largest absolute Gasteiger partial charge is 0.497 e. The summed E-state index contributed by atoms with van der Waals surface area (Å²) in [4.78, 5) is 0. The molecule has 1 rings (SSSR count). The van der Waals surface area contributed by atoms with Crippen molar-refractivity contribution >= 4 is 8.32 Å². The summed E-state index contributed by atoms with van der Waals surface area (Å²) in [6.07, 6.45) is 2.69.